The van der Waals surface area contributed by atoms with Crippen molar-refractivity contribution >= 4 is 40.6 Å². The molecular formula is C52H66ClF3N12O4. The normalized spacial score (nSPS) is 23.9. The molecule has 0 saturated carbocycles. The van der Waals surface area contributed by atoms with Gasteiger partial charge >= 0.3 is 0 Å². The van der Waals surface area contributed by atoms with Crippen LogP contribution in [0, 0.1) is 40.1 Å². The Labute approximate surface area is 425 Å². The summed E-state index contributed by atoms with van der Waals surface area (Å²) in [5.74, 6) is -0.463. The largest absolute Gasteiger partial charge is 0.489 e. The van der Waals surface area contributed by atoms with Gasteiger partial charge in [-0.05, 0) is 115 Å². The van der Waals surface area contributed by atoms with E-state index in [1.54, 1.807) is 18.2 Å². The lowest BCUT2D eigenvalue weighted by molar-refractivity contribution is 0.0251. The van der Waals surface area contributed by atoms with Gasteiger partial charge in [0.05, 0.1) is 55.6 Å². The average molecular weight is 1020 g/mol. The molecule has 0 radical (unpaired) electrons. The van der Waals surface area contributed by atoms with E-state index in [1.807, 2.05) is 0 Å². The minimum Gasteiger partial charge on any atom is -0.489 e. The first kappa shape index (κ1) is 52.6. The Bertz CT molecular complexity index is 2590. The SMILES string of the molecule is CC1(C)CCC2CC(Nc3nc(Cl)ncc3F)CCN21.CC1(C)CCC2CC(Nc3nc(Nc4cc(C#N)c(OC5CCOCC5)cc4F)ncc3F)CCN21.N#Cc1cc(N)ccc1OC1CCOCC1. The van der Waals surface area contributed by atoms with Gasteiger partial charge in [0.2, 0.25) is 11.2 Å². The van der Waals surface area contributed by atoms with Gasteiger partial charge in [0, 0.05) is 85.8 Å². The van der Waals surface area contributed by atoms with Crippen LogP contribution in [-0.4, -0.2) is 117 Å². The Balaban J connectivity index is 0.000000161. The first-order valence-electron chi connectivity index (χ1n) is 25.1. The molecule has 72 heavy (non-hydrogen) atoms. The van der Waals surface area contributed by atoms with Crippen LogP contribution < -0.4 is 31.2 Å². The molecule has 4 aromatic rings. The smallest absolute Gasteiger partial charge is 0.229 e. The van der Waals surface area contributed by atoms with Crippen molar-refractivity contribution in [2.75, 3.05) is 61.2 Å². The van der Waals surface area contributed by atoms with Gasteiger partial charge in [-0.15, -0.1) is 0 Å². The zero-order valence-electron chi connectivity index (χ0n) is 41.5. The minimum absolute atomic E-state index is 0.0185. The number of nitrogens with two attached hydrogens (primary N) is 1. The molecule has 20 heteroatoms. The summed E-state index contributed by atoms with van der Waals surface area (Å²) in [6.07, 6.45) is 13.9. The van der Waals surface area contributed by atoms with E-state index in [9.17, 15) is 18.4 Å². The number of nitrogen functional groups attached to an aromatic ring is 1. The number of hydrogen-bond donors (Lipinski definition) is 4. The Hall–Kier alpha value is -5.70. The molecule has 0 spiro atoms. The molecule has 6 saturated heterocycles. The summed E-state index contributed by atoms with van der Waals surface area (Å²) in [4.78, 5) is 21.0. The van der Waals surface area contributed by atoms with Crippen LogP contribution >= 0.6 is 11.6 Å². The number of benzene rings is 2. The summed E-state index contributed by atoms with van der Waals surface area (Å²) in [6, 6.07) is 13.3. The third-order valence-corrected chi connectivity index (χ3v) is 15.0. The topological polar surface area (TPSA) is 205 Å². The van der Waals surface area contributed by atoms with E-state index in [0.29, 0.717) is 60.7 Å². The van der Waals surface area contributed by atoms with Crippen LogP contribution in [0.1, 0.15) is 116 Å². The van der Waals surface area contributed by atoms with Crippen molar-refractivity contribution < 1.29 is 32.1 Å². The van der Waals surface area contributed by atoms with Crippen LogP contribution in [0.2, 0.25) is 5.28 Å². The number of halogens is 4. The van der Waals surface area contributed by atoms with Crippen LogP contribution in [-0.2, 0) is 9.47 Å². The van der Waals surface area contributed by atoms with Gasteiger partial charge in [-0.1, -0.05) is 0 Å². The van der Waals surface area contributed by atoms with Crippen molar-refractivity contribution in [3.05, 3.63) is 76.6 Å². The second kappa shape index (κ2) is 23.4. The molecule has 10 rings (SSSR count). The summed E-state index contributed by atoms with van der Waals surface area (Å²) >= 11 is 5.72. The molecule has 0 bridgehead atoms. The van der Waals surface area contributed by atoms with Crippen molar-refractivity contribution in [2.45, 2.75) is 152 Å². The van der Waals surface area contributed by atoms with Gasteiger partial charge in [-0.25, -0.2) is 23.1 Å². The number of hydrogen-bond acceptors (Lipinski definition) is 16. The van der Waals surface area contributed by atoms with Crippen molar-refractivity contribution in [3.63, 3.8) is 0 Å². The van der Waals surface area contributed by atoms with Gasteiger partial charge < -0.3 is 40.6 Å². The molecule has 6 fully saturated rings. The molecule has 0 aliphatic carbocycles. The minimum atomic E-state index is -0.616. The number of ether oxygens (including phenoxy) is 4. The lowest BCUT2D eigenvalue weighted by Gasteiger charge is -2.42. The van der Waals surface area contributed by atoms with Gasteiger partial charge in [-0.2, -0.15) is 20.5 Å². The van der Waals surface area contributed by atoms with Gasteiger partial charge in [0.25, 0.3) is 0 Å². The van der Waals surface area contributed by atoms with E-state index in [1.165, 1.54) is 25.0 Å². The summed E-state index contributed by atoms with van der Waals surface area (Å²) < 4.78 is 65.3. The molecule has 6 aliphatic heterocycles. The van der Waals surface area contributed by atoms with Crippen LogP contribution in [0.5, 0.6) is 11.5 Å². The van der Waals surface area contributed by atoms with E-state index in [4.69, 9.17) is 41.5 Å². The lowest BCUT2D eigenvalue weighted by atomic mass is 9.97. The van der Waals surface area contributed by atoms with Gasteiger partial charge in [-0.3, -0.25) is 9.80 Å². The van der Waals surface area contributed by atoms with Crippen molar-refractivity contribution in [1.82, 2.24) is 29.7 Å². The molecule has 16 nitrogen and oxygen atoms in total. The highest BCUT2D eigenvalue weighted by Crippen LogP contribution is 2.41. The quantitative estimate of drug-likeness (QED) is 0.0862. The second-order valence-electron chi connectivity index (χ2n) is 20.6. The predicted molar refractivity (Wildman–Crippen MR) is 269 cm³/mol. The summed E-state index contributed by atoms with van der Waals surface area (Å²) in [5.41, 5.74) is 7.41. The number of aromatic nitrogens is 4. The van der Waals surface area contributed by atoms with Gasteiger partial charge in [0.15, 0.2) is 23.3 Å². The summed E-state index contributed by atoms with van der Waals surface area (Å²) in [5, 5.41) is 27.9. The first-order chi connectivity index (χ1) is 34.6. The maximum atomic E-state index is 14.9. The number of nitrogens with zero attached hydrogens (tertiary/aromatic N) is 8. The Morgan fingerprint density at radius 1 is 0.681 bits per heavy atom. The molecule has 5 N–H and O–H groups in total. The van der Waals surface area contributed by atoms with Crippen LogP contribution in [0.4, 0.5) is 42.1 Å². The molecule has 386 valence electrons. The average Bonchev–Trinajstić information content (AvgIpc) is 3.85. The third kappa shape index (κ3) is 13.3. The number of piperidine rings is 2. The van der Waals surface area contributed by atoms with Gasteiger partial charge in [0.1, 0.15) is 41.7 Å². The van der Waals surface area contributed by atoms with Crippen LogP contribution in [0.15, 0.2) is 42.7 Å². The Morgan fingerprint density at radius 2 is 1.19 bits per heavy atom. The highest BCUT2D eigenvalue weighted by Gasteiger charge is 2.44. The summed E-state index contributed by atoms with van der Waals surface area (Å²) in [6.45, 7) is 13.8. The Morgan fingerprint density at radius 3 is 1.75 bits per heavy atom. The Kier molecular flexibility index (Phi) is 17.1. The molecule has 4 unspecified atom stereocenters. The number of rotatable bonds is 10. The number of fused-ring (bicyclic) bond motifs is 2. The molecule has 2 aromatic carbocycles. The number of nitriles is 2. The third-order valence-electron chi connectivity index (χ3n) is 14.8. The number of anilines is 5. The first-order valence-corrected chi connectivity index (χ1v) is 25.5. The highest BCUT2D eigenvalue weighted by molar-refractivity contribution is 6.28. The zero-order valence-corrected chi connectivity index (χ0v) is 42.3. The molecular weight excluding hydrogens is 949 g/mol. The number of nitrogens with one attached hydrogen (secondary N) is 3. The second-order valence-corrected chi connectivity index (χ2v) is 21.0. The van der Waals surface area contributed by atoms with E-state index in [-0.39, 0.29) is 69.7 Å². The van der Waals surface area contributed by atoms with E-state index in [0.717, 1.165) is 90.1 Å². The van der Waals surface area contributed by atoms with Crippen molar-refractivity contribution in [3.8, 4) is 23.6 Å². The molecule has 4 atom stereocenters. The van der Waals surface area contributed by atoms with E-state index in [2.05, 4.69) is 85.5 Å². The summed E-state index contributed by atoms with van der Waals surface area (Å²) in [7, 11) is 0. The fourth-order valence-corrected chi connectivity index (χ4v) is 11.0. The molecule has 2 aromatic heterocycles. The highest BCUT2D eigenvalue weighted by atomic mass is 35.5. The monoisotopic (exact) mass is 1010 g/mol. The standard InChI is InChI=1S/C26H32F2N6O2.C14H20ClFN4.C12H14N2O2/c1-26(2)7-3-18-12-17(4-8-34(18)26)31-24-21(28)15-30-25(33-24)32-22-11-16(14-29)23(13-20(22)27)36-19-5-9-35-10-6-19;1-14(2)5-3-10-7-9(4-6-20(10)14)18-12-11(16)8-17-13(15)19-12;13-8-9-7-10(14)1-2-12(9)16-11-3-5-15-6-4-11/h11,13,15,17-19H,3-10,12H2,1-2H3,(H2,30,31,32,33);8-10H,3-7H2,1-2H3,(H,17,18,19);1-2,7,11H,3-6,14H2. The molecule has 6 aliphatic rings. The molecule has 0 amide bonds. The fourth-order valence-electron chi connectivity index (χ4n) is 10.8. The van der Waals surface area contributed by atoms with E-state index < -0.39 is 17.5 Å². The maximum Gasteiger partial charge on any atom is 0.229 e. The van der Waals surface area contributed by atoms with E-state index >= 15 is 0 Å². The molecule has 8 heterocycles. The van der Waals surface area contributed by atoms with Crippen molar-refractivity contribution in [1.29, 1.82) is 10.5 Å². The maximum absolute atomic E-state index is 14.9. The van der Waals surface area contributed by atoms with Crippen LogP contribution in [0.25, 0.3) is 0 Å². The fraction of sp³-hybridized carbons (Fsp3) is 0.577. The predicted octanol–water partition coefficient (Wildman–Crippen LogP) is 9.53. The van der Waals surface area contributed by atoms with Crippen molar-refractivity contribution in [2.24, 2.45) is 0 Å². The zero-order chi connectivity index (χ0) is 51.0. The lowest BCUT2D eigenvalue weighted by Crippen LogP contribution is -2.50. The van der Waals surface area contributed by atoms with Crippen LogP contribution in [0.3, 0.4) is 0 Å².